The van der Waals surface area contributed by atoms with E-state index in [9.17, 15) is 26.4 Å². The lowest BCUT2D eigenvalue weighted by molar-refractivity contribution is -0.139. The van der Waals surface area contributed by atoms with Gasteiger partial charge in [0.25, 0.3) is 0 Å². The average Bonchev–Trinajstić information content (AvgIpc) is 2.74. The maximum absolute atomic E-state index is 13.6. The minimum absolute atomic E-state index is 0.0101. The molecule has 0 heterocycles. The molecule has 5 nitrogen and oxygen atoms in total. The van der Waals surface area contributed by atoms with Crippen molar-refractivity contribution in [1.29, 1.82) is 0 Å². The Morgan fingerprint density at radius 3 is 2.28 bits per heavy atom. The normalized spacial score (nSPS) is 11.8. The number of hydrogen-bond donors (Lipinski definition) is 1. The third-order valence-corrected chi connectivity index (χ3v) is 6.58. The maximum Gasteiger partial charge on any atom is 0.417 e. The number of halogens is 5. The van der Waals surface area contributed by atoms with Crippen LogP contribution in [0, 0.1) is 0 Å². The van der Waals surface area contributed by atoms with Crippen molar-refractivity contribution in [3.8, 4) is 5.75 Å². The summed E-state index contributed by atoms with van der Waals surface area (Å²) in [6, 6.07) is 13.6. The third-order valence-electron chi connectivity index (χ3n) is 4.18. The molecule has 0 aliphatic rings. The predicted molar refractivity (Wildman–Crippen MR) is 114 cm³/mol. The van der Waals surface area contributed by atoms with Crippen LogP contribution in [0.1, 0.15) is 5.56 Å². The van der Waals surface area contributed by atoms with E-state index in [1.807, 2.05) is 0 Å². The quantitative estimate of drug-likeness (QED) is 0.336. The first-order valence-corrected chi connectivity index (χ1v) is 11.1. The summed E-state index contributed by atoms with van der Waals surface area (Å²) in [5.74, 6) is -0.918. The number of anilines is 1. The van der Waals surface area contributed by atoms with Gasteiger partial charge in [-0.25, -0.2) is 13.2 Å². The Bertz CT molecular complexity index is 1250. The molecule has 0 aliphatic carbocycles. The van der Waals surface area contributed by atoms with Gasteiger partial charge in [0.1, 0.15) is 17.2 Å². The van der Waals surface area contributed by atoms with Crippen LogP contribution in [0.25, 0.3) is 0 Å². The molecule has 0 aliphatic heterocycles. The van der Waals surface area contributed by atoms with Crippen molar-refractivity contribution in [3.05, 3.63) is 82.3 Å². The van der Waals surface area contributed by atoms with Gasteiger partial charge in [0, 0.05) is 5.02 Å². The molecule has 0 bridgehead atoms. The van der Waals surface area contributed by atoms with E-state index in [0.717, 1.165) is 12.1 Å². The lowest BCUT2D eigenvalue weighted by Crippen LogP contribution is -2.22. The predicted octanol–water partition coefficient (Wildman–Crippen LogP) is 5.86. The highest BCUT2D eigenvalue weighted by atomic mass is 35.5. The van der Waals surface area contributed by atoms with Gasteiger partial charge in [-0.15, -0.1) is 0 Å². The van der Waals surface area contributed by atoms with Gasteiger partial charge in [0.15, 0.2) is 0 Å². The number of carbonyl (C=O) groups is 1. The van der Waals surface area contributed by atoms with Crippen LogP contribution in [0.5, 0.6) is 5.75 Å². The number of rotatable bonds is 6. The lowest BCUT2D eigenvalue weighted by atomic mass is 10.2. The van der Waals surface area contributed by atoms with E-state index in [4.69, 9.17) is 27.9 Å². The van der Waals surface area contributed by atoms with Gasteiger partial charge in [-0.05, 0) is 42.5 Å². The van der Waals surface area contributed by atoms with Gasteiger partial charge >= 0.3 is 12.1 Å². The lowest BCUT2D eigenvalue weighted by Gasteiger charge is -2.18. The topological polar surface area (TPSA) is 72.5 Å². The van der Waals surface area contributed by atoms with Gasteiger partial charge < -0.3 is 10.1 Å². The first-order chi connectivity index (χ1) is 15.0. The van der Waals surface area contributed by atoms with E-state index >= 15 is 0 Å². The Labute approximate surface area is 191 Å². The highest BCUT2D eigenvalue weighted by Gasteiger charge is 2.39. The highest BCUT2D eigenvalue weighted by molar-refractivity contribution is 7.91. The zero-order valence-corrected chi connectivity index (χ0v) is 18.3. The van der Waals surface area contributed by atoms with Crippen LogP contribution >= 0.6 is 23.2 Å². The molecular weight excluding hydrogens is 490 g/mol. The number of carbonyl (C=O) groups excluding carboxylic acids is 1. The summed E-state index contributed by atoms with van der Waals surface area (Å²) >= 11 is 11.7. The zero-order chi connectivity index (χ0) is 23.5. The van der Waals surface area contributed by atoms with E-state index in [2.05, 4.69) is 5.32 Å². The molecule has 0 saturated heterocycles. The van der Waals surface area contributed by atoms with Crippen molar-refractivity contribution in [2.24, 2.45) is 0 Å². The monoisotopic (exact) mass is 503 g/mol. The summed E-state index contributed by atoms with van der Waals surface area (Å²) in [6.07, 6.45) is -4.95. The molecule has 3 aromatic carbocycles. The van der Waals surface area contributed by atoms with Gasteiger partial charge in [-0.1, -0.05) is 47.5 Å². The molecular formula is C21H14Cl2F3NO4S. The molecule has 0 saturated carbocycles. The average molecular weight is 504 g/mol. The Balaban J connectivity index is 1.94. The van der Waals surface area contributed by atoms with Crippen LogP contribution in [0.3, 0.4) is 0 Å². The Morgan fingerprint density at radius 1 is 0.969 bits per heavy atom. The number of hydrogen-bond acceptors (Lipinski definition) is 5. The van der Waals surface area contributed by atoms with Crippen molar-refractivity contribution in [2.75, 3.05) is 11.9 Å². The van der Waals surface area contributed by atoms with Crippen LogP contribution < -0.4 is 10.1 Å². The Hall–Kier alpha value is -2.75. The molecule has 0 fully saturated rings. The largest absolute Gasteiger partial charge is 0.424 e. The molecule has 0 unspecified atom stereocenters. The van der Waals surface area contributed by atoms with E-state index in [1.54, 1.807) is 0 Å². The third kappa shape index (κ3) is 5.35. The van der Waals surface area contributed by atoms with Crippen LogP contribution in [0.4, 0.5) is 18.9 Å². The van der Waals surface area contributed by atoms with Crippen LogP contribution in [0.2, 0.25) is 10.0 Å². The summed E-state index contributed by atoms with van der Waals surface area (Å²) < 4.78 is 72.0. The second-order valence-electron chi connectivity index (χ2n) is 6.40. The number of alkyl halides is 3. The van der Waals surface area contributed by atoms with E-state index in [0.29, 0.717) is 11.1 Å². The smallest absolute Gasteiger partial charge is 0.417 e. The Morgan fingerprint density at radius 2 is 1.66 bits per heavy atom. The zero-order valence-electron chi connectivity index (χ0n) is 16.0. The van der Waals surface area contributed by atoms with Crippen molar-refractivity contribution in [2.45, 2.75) is 16.0 Å². The molecule has 3 aromatic rings. The van der Waals surface area contributed by atoms with E-state index in [-0.39, 0.29) is 15.7 Å². The molecule has 0 spiro atoms. The highest BCUT2D eigenvalue weighted by Crippen LogP contribution is 2.40. The summed E-state index contributed by atoms with van der Waals surface area (Å²) in [5, 5.41) is 2.80. The number of ether oxygens (including phenoxy) is 1. The molecule has 0 aromatic heterocycles. The molecule has 0 atom stereocenters. The van der Waals surface area contributed by atoms with Gasteiger partial charge in [0.05, 0.1) is 21.2 Å². The van der Waals surface area contributed by atoms with Crippen molar-refractivity contribution < 1.29 is 31.1 Å². The van der Waals surface area contributed by atoms with Crippen molar-refractivity contribution >= 4 is 44.7 Å². The summed E-state index contributed by atoms with van der Waals surface area (Å²) in [7, 11) is -4.57. The van der Waals surface area contributed by atoms with Crippen LogP contribution in [0.15, 0.2) is 76.5 Å². The van der Waals surface area contributed by atoms with Crippen molar-refractivity contribution in [3.63, 3.8) is 0 Å². The van der Waals surface area contributed by atoms with E-state index in [1.165, 1.54) is 48.5 Å². The Kier molecular flexibility index (Phi) is 7.02. The summed E-state index contributed by atoms with van der Waals surface area (Å²) in [6.45, 7) is -0.627. The fraction of sp³-hybridized carbons (Fsp3) is 0.0952. The van der Waals surface area contributed by atoms with Crippen molar-refractivity contribution in [1.82, 2.24) is 0 Å². The molecule has 1 N–H and O–H groups in total. The molecule has 32 heavy (non-hydrogen) atoms. The number of sulfone groups is 1. The second kappa shape index (κ2) is 9.40. The fourth-order valence-corrected chi connectivity index (χ4v) is 4.89. The van der Waals surface area contributed by atoms with Gasteiger partial charge in [-0.2, -0.15) is 13.2 Å². The number of esters is 1. The first-order valence-electron chi connectivity index (χ1n) is 8.90. The maximum atomic E-state index is 13.6. The summed E-state index contributed by atoms with van der Waals surface area (Å²) in [5.41, 5.74) is -1.76. The van der Waals surface area contributed by atoms with Crippen LogP contribution in [-0.4, -0.2) is 20.9 Å². The molecule has 168 valence electrons. The van der Waals surface area contributed by atoms with E-state index < -0.39 is 44.7 Å². The number of nitrogens with one attached hydrogen (secondary N) is 1. The SMILES string of the molecule is O=C(CNc1cccc(C(F)(F)F)c1S(=O)(=O)c1ccccc1)Oc1ccc(Cl)cc1Cl. The number of benzene rings is 3. The molecule has 3 rings (SSSR count). The summed E-state index contributed by atoms with van der Waals surface area (Å²) in [4.78, 5) is 10.9. The fourth-order valence-electron chi connectivity index (χ4n) is 2.79. The molecule has 0 amide bonds. The first kappa shape index (κ1) is 23.9. The standard InChI is InChI=1S/C21H14Cl2F3NO4S/c22-13-9-10-18(16(23)11-13)31-19(28)12-27-17-8-4-7-15(21(24,25)26)20(17)32(29,30)14-5-2-1-3-6-14/h1-11,27H,12H2. The van der Waals surface area contributed by atoms with Crippen LogP contribution in [-0.2, 0) is 20.8 Å². The van der Waals surface area contributed by atoms with Gasteiger partial charge in [0.2, 0.25) is 9.84 Å². The second-order valence-corrected chi connectivity index (χ2v) is 9.13. The molecule has 0 radical (unpaired) electrons. The minimum Gasteiger partial charge on any atom is -0.424 e. The molecule has 11 heteroatoms. The van der Waals surface area contributed by atoms with Gasteiger partial charge in [-0.3, -0.25) is 0 Å². The minimum atomic E-state index is -4.95.